The molecule has 4 aromatic carbocycles. The minimum absolute atomic E-state index is 0.251. The van der Waals surface area contributed by atoms with Crippen molar-refractivity contribution in [3.63, 3.8) is 0 Å². The smallest absolute Gasteiger partial charge is 0.115 e. The van der Waals surface area contributed by atoms with Gasteiger partial charge >= 0.3 is 0 Å². The van der Waals surface area contributed by atoms with E-state index in [9.17, 15) is 10.2 Å². The van der Waals surface area contributed by atoms with Gasteiger partial charge in [0.25, 0.3) is 0 Å². The molecular weight excluding hydrogens is 504 g/mol. The lowest BCUT2D eigenvalue weighted by molar-refractivity contribution is -0.272. The van der Waals surface area contributed by atoms with Gasteiger partial charge < -0.3 is 29.2 Å². The average molecular weight is 541 g/mol. The highest BCUT2D eigenvalue weighted by atomic mass is 16.6. The molecule has 1 fully saturated rings. The van der Waals surface area contributed by atoms with Crippen LogP contribution in [0.25, 0.3) is 0 Å². The first-order chi connectivity index (χ1) is 19.7. The lowest BCUT2D eigenvalue weighted by Crippen LogP contribution is -2.66. The van der Waals surface area contributed by atoms with Gasteiger partial charge in [0.15, 0.2) is 0 Å². The lowest BCUT2D eigenvalue weighted by Gasteiger charge is -2.46. The van der Waals surface area contributed by atoms with Crippen molar-refractivity contribution in [2.24, 2.45) is 0 Å². The van der Waals surface area contributed by atoms with E-state index < -0.39 is 36.6 Å². The molecule has 208 valence electrons. The number of ether oxygens (including phenoxy) is 4. The number of rotatable bonds is 12. The molecule has 6 heteroatoms. The van der Waals surface area contributed by atoms with Gasteiger partial charge in [-0.25, -0.2) is 0 Å². The summed E-state index contributed by atoms with van der Waals surface area (Å²) in [5.41, 5.74) is 3.82. The van der Waals surface area contributed by atoms with Gasteiger partial charge in [0.05, 0.1) is 26.4 Å². The van der Waals surface area contributed by atoms with E-state index in [2.05, 4.69) is 0 Å². The molecule has 4 aromatic rings. The molecule has 0 heterocycles. The van der Waals surface area contributed by atoms with E-state index in [4.69, 9.17) is 18.9 Å². The number of aliphatic hydroxyl groups excluding tert-OH is 2. The zero-order chi connectivity index (χ0) is 27.6. The second kappa shape index (κ2) is 14.3. The predicted octanol–water partition coefficient (Wildman–Crippen LogP) is 5.06. The second-order valence-electron chi connectivity index (χ2n) is 10.0. The number of hydrogen-bond acceptors (Lipinski definition) is 6. The van der Waals surface area contributed by atoms with Crippen LogP contribution >= 0.6 is 0 Å². The van der Waals surface area contributed by atoms with Gasteiger partial charge in [-0.05, 0) is 22.3 Å². The van der Waals surface area contributed by atoms with Crippen LogP contribution in [0.3, 0.4) is 0 Å². The summed E-state index contributed by atoms with van der Waals surface area (Å²) in [5.74, 6) is 0. The van der Waals surface area contributed by atoms with Crippen molar-refractivity contribution in [3.05, 3.63) is 144 Å². The first kappa shape index (κ1) is 28.2. The van der Waals surface area contributed by atoms with Gasteiger partial charge in [-0.2, -0.15) is 0 Å². The quantitative estimate of drug-likeness (QED) is 0.262. The third-order valence-electron chi connectivity index (χ3n) is 7.14. The van der Waals surface area contributed by atoms with Crippen LogP contribution in [-0.2, 0) is 45.4 Å². The molecule has 0 aliphatic heterocycles. The molecule has 2 unspecified atom stereocenters. The molecule has 40 heavy (non-hydrogen) atoms. The van der Waals surface area contributed by atoms with E-state index in [0.717, 1.165) is 22.3 Å². The molecule has 6 nitrogen and oxygen atoms in total. The summed E-state index contributed by atoms with van der Waals surface area (Å²) < 4.78 is 25.1. The molecule has 1 aliphatic carbocycles. The average Bonchev–Trinajstić information content (AvgIpc) is 3.01. The van der Waals surface area contributed by atoms with Gasteiger partial charge in [0, 0.05) is 0 Å². The van der Waals surface area contributed by atoms with E-state index in [1.165, 1.54) is 0 Å². The Morgan fingerprint density at radius 2 is 0.550 bits per heavy atom. The first-order valence-corrected chi connectivity index (χ1v) is 13.7. The van der Waals surface area contributed by atoms with Crippen molar-refractivity contribution >= 4 is 0 Å². The van der Waals surface area contributed by atoms with Gasteiger partial charge in [-0.3, -0.25) is 0 Å². The molecule has 1 aliphatic rings. The summed E-state index contributed by atoms with van der Waals surface area (Å²) in [6.07, 6.45) is -5.63. The van der Waals surface area contributed by atoms with Gasteiger partial charge in [-0.15, -0.1) is 0 Å². The molecule has 1 saturated carbocycles. The normalized spacial score (nSPS) is 24.6. The van der Waals surface area contributed by atoms with Crippen LogP contribution in [0.15, 0.2) is 121 Å². The van der Waals surface area contributed by atoms with E-state index in [-0.39, 0.29) is 26.4 Å². The minimum Gasteiger partial charge on any atom is -0.387 e. The van der Waals surface area contributed by atoms with Crippen LogP contribution < -0.4 is 0 Å². The molecular formula is C34H36O6. The summed E-state index contributed by atoms with van der Waals surface area (Å²) in [7, 11) is 0. The van der Waals surface area contributed by atoms with E-state index in [0.29, 0.717) is 0 Å². The topological polar surface area (TPSA) is 77.4 Å². The molecule has 0 spiro atoms. The van der Waals surface area contributed by atoms with Gasteiger partial charge in [0.2, 0.25) is 0 Å². The third kappa shape index (κ3) is 7.43. The zero-order valence-electron chi connectivity index (χ0n) is 22.4. The van der Waals surface area contributed by atoms with Crippen LogP contribution in [-0.4, -0.2) is 46.8 Å². The fourth-order valence-electron chi connectivity index (χ4n) is 4.99. The van der Waals surface area contributed by atoms with Gasteiger partial charge in [-0.1, -0.05) is 121 Å². The highest BCUT2D eigenvalue weighted by Gasteiger charge is 2.52. The van der Waals surface area contributed by atoms with Crippen molar-refractivity contribution < 1.29 is 29.2 Å². The summed E-state index contributed by atoms with van der Waals surface area (Å²) in [6.45, 7) is 1.01. The molecule has 0 radical (unpaired) electrons. The van der Waals surface area contributed by atoms with Crippen molar-refractivity contribution in [1.29, 1.82) is 0 Å². The Hall–Kier alpha value is -3.36. The summed E-state index contributed by atoms with van der Waals surface area (Å²) >= 11 is 0. The maximum absolute atomic E-state index is 11.7. The van der Waals surface area contributed by atoms with Crippen LogP contribution in [0.4, 0.5) is 0 Å². The third-order valence-corrected chi connectivity index (χ3v) is 7.14. The summed E-state index contributed by atoms with van der Waals surface area (Å²) in [5, 5.41) is 23.4. The van der Waals surface area contributed by atoms with Crippen molar-refractivity contribution in [1.82, 2.24) is 0 Å². The van der Waals surface area contributed by atoms with Crippen LogP contribution in [0.5, 0.6) is 0 Å². The SMILES string of the molecule is OC1[C@@H](OCc2ccccc2)[C@H](OCc2ccccc2)C(O)[C@H](OCc2ccccc2)[C@H]1OCc1ccccc1. The predicted molar refractivity (Wildman–Crippen MR) is 152 cm³/mol. The van der Waals surface area contributed by atoms with Crippen LogP contribution in [0.2, 0.25) is 0 Å². The standard InChI is InChI=1S/C34H36O6/c35-29-31(37-21-25-13-5-1-6-14-25)32(38-22-26-15-7-2-8-16-26)30(36)34(40-24-28-19-11-4-12-20-28)33(29)39-23-27-17-9-3-10-18-27/h1-20,29-36H,21-24H2/t29?,30?,31-,32-,33+,34+. The Labute approximate surface area is 235 Å². The molecule has 0 saturated heterocycles. The molecule has 5 rings (SSSR count). The fraction of sp³-hybridized carbons (Fsp3) is 0.294. The van der Waals surface area contributed by atoms with E-state index in [1.807, 2.05) is 121 Å². The Kier molecular flexibility index (Phi) is 10.1. The van der Waals surface area contributed by atoms with Crippen molar-refractivity contribution in [2.45, 2.75) is 63.1 Å². The lowest BCUT2D eigenvalue weighted by atomic mass is 9.84. The Bertz CT molecular complexity index is 1050. The van der Waals surface area contributed by atoms with Crippen LogP contribution in [0, 0.1) is 0 Å². The number of aliphatic hydroxyl groups is 2. The first-order valence-electron chi connectivity index (χ1n) is 13.7. The van der Waals surface area contributed by atoms with E-state index in [1.54, 1.807) is 0 Å². The molecule has 2 N–H and O–H groups in total. The number of benzene rings is 4. The second-order valence-corrected chi connectivity index (χ2v) is 10.0. The number of hydrogen-bond donors (Lipinski definition) is 2. The summed E-state index contributed by atoms with van der Waals surface area (Å²) in [6, 6.07) is 38.9. The zero-order valence-corrected chi connectivity index (χ0v) is 22.4. The largest absolute Gasteiger partial charge is 0.387 e. The fourth-order valence-corrected chi connectivity index (χ4v) is 4.99. The Balaban J connectivity index is 1.39. The van der Waals surface area contributed by atoms with Crippen molar-refractivity contribution in [2.75, 3.05) is 0 Å². The van der Waals surface area contributed by atoms with Crippen molar-refractivity contribution in [3.8, 4) is 0 Å². The monoisotopic (exact) mass is 540 g/mol. The van der Waals surface area contributed by atoms with Gasteiger partial charge in [0.1, 0.15) is 36.6 Å². The minimum atomic E-state index is -1.11. The molecule has 0 bridgehead atoms. The maximum Gasteiger partial charge on any atom is 0.115 e. The molecule has 0 amide bonds. The Morgan fingerprint density at radius 1 is 0.350 bits per heavy atom. The highest BCUT2D eigenvalue weighted by molar-refractivity contribution is 5.17. The maximum atomic E-state index is 11.7. The van der Waals surface area contributed by atoms with Crippen LogP contribution in [0.1, 0.15) is 22.3 Å². The molecule has 0 aromatic heterocycles. The Morgan fingerprint density at radius 3 is 0.750 bits per heavy atom. The summed E-state index contributed by atoms with van der Waals surface area (Å²) in [4.78, 5) is 0. The van der Waals surface area contributed by atoms with E-state index >= 15 is 0 Å². The highest BCUT2D eigenvalue weighted by Crippen LogP contribution is 2.32. The molecule has 6 atom stereocenters.